The van der Waals surface area contributed by atoms with E-state index >= 15 is 0 Å². The summed E-state index contributed by atoms with van der Waals surface area (Å²) >= 11 is 1.28. The van der Waals surface area contributed by atoms with Gasteiger partial charge >= 0.3 is 5.97 Å². The van der Waals surface area contributed by atoms with Gasteiger partial charge in [-0.1, -0.05) is 96.7 Å². The molecule has 4 nitrogen and oxygen atoms in total. The van der Waals surface area contributed by atoms with Gasteiger partial charge in [-0.2, -0.15) is 0 Å². The van der Waals surface area contributed by atoms with E-state index in [0.29, 0.717) is 37.6 Å². The predicted molar refractivity (Wildman–Crippen MR) is 139 cm³/mol. The molecule has 4 aromatic carbocycles. The van der Waals surface area contributed by atoms with E-state index in [2.05, 4.69) is 13.2 Å². The van der Waals surface area contributed by atoms with Crippen LogP contribution in [0.4, 0.5) is 0 Å². The third kappa shape index (κ3) is 5.65. The van der Waals surface area contributed by atoms with Crippen LogP contribution in [0.5, 0.6) is 0 Å². The summed E-state index contributed by atoms with van der Waals surface area (Å²) in [5, 5.41) is 0. The first-order valence-electron chi connectivity index (χ1n) is 10.8. The Balaban J connectivity index is 0.000000369. The zero-order chi connectivity index (χ0) is 25.2. The lowest BCUT2D eigenvalue weighted by atomic mass is 9.84. The summed E-state index contributed by atoms with van der Waals surface area (Å²) in [5.74, 6) is -0.793. The predicted octanol–water partition coefficient (Wildman–Crippen LogP) is 6.89. The quantitative estimate of drug-likeness (QED) is 0.208. The molecule has 0 radical (unpaired) electrons. The molecular weight excluding hydrogens is 456 g/mol. The van der Waals surface area contributed by atoms with Gasteiger partial charge in [0.05, 0.1) is 12.7 Å². The fourth-order valence-corrected chi connectivity index (χ4v) is 4.63. The van der Waals surface area contributed by atoms with E-state index in [-0.39, 0.29) is 11.6 Å². The number of carbonyl (C=O) groups excluding carboxylic acids is 3. The van der Waals surface area contributed by atoms with Crippen LogP contribution >= 0.6 is 11.8 Å². The van der Waals surface area contributed by atoms with Crippen molar-refractivity contribution in [2.75, 3.05) is 7.11 Å². The van der Waals surface area contributed by atoms with Crippen molar-refractivity contribution in [3.63, 3.8) is 0 Å². The van der Waals surface area contributed by atoms with E-state index < -0.39 is 5.97 Å². The minimum atomic E-state index is -0.448. The molecule has 1 aliphatic rings. The Labute approximate surface area is 209 Å². The Morgan fingerprint density at radius 1 is 0.629 bits per heavy atom. The first-order chi connectivity index (χ1) is 17.1. The molecule has 0 bridgehead atoms. The summed E-state index contributed by atoms with van der Waals surface area (Å²) in [7, 11) is 1.33. The number of carbonyl (C=O) groups is 3. The minimum Gasteiger partial charge on any atom is -0.465 e. The smallest absolute Gasteiger partial charge is 0.339 e. The molecule has 0 heterocycles. The van der Waals surface area contributed by atoms with Gasteiger partial charge in [0, 0.05) is 32.0 Å². The fourth-order valence-electron chi connectivity index (χ4n) is 3.54. The molecule has 0 N–H and O–H groups in total. The standard InChI is InChI=1S/C22H14O4S.C6H6.C2H4/c1-26-22(25)15-9-4-5-11-17(15)27-18-12-6-10-16-19(18)21(24)14-8-3-2-7-13(14)20(16)23;1-2-4-6-5-3-1;1-2/h2-12H,1H3;1-6H;1-2H2. The molecule has 0 saturated heterocycles. The SMILES string of the molecule is C=C.COC(=O)c1ccccc1Sc1cccc2c1C(=O)c1ccccc1C2=O.c1ccccc1. The Bertz CT molecular complexity index is 1320. The van der Waals surface area contributed by atoms with Gasteiger partial charge in [-0.15, -0.1) is 13.2 Å². The molecule has 0 saturated carbocycles. The molecule has 0 aliphatic heterocycles. The molecule has 0 atom stereocenters. The van der Waals surface area contributed by atoms with Gasteiger partial charge in [0.15, 0.2) is 11.6 Å². The van der Waals surface area contributed by atoms with Crippen molar-refractivity contribution in [3.8, 4) is 0 Å². The molecule has 174 valence electrons. The first-order valence-corrected chi connectivity index (χ1v) is 11.6. The van der Waals surface area contributed by atoms with Gasteiger partial charge < -0.3 is 4.74 Å². The van der Waals surface area contributed by atoms with Gasteiger partial charge in [0.2, 0.25) is 0 Å². The highest BCUT2D eigenvalue weighted by Gasteiger charge is 2.31. The zero-order valence-electron chi connectivity index (χ0n) is 19.3. The Morgan fingerprint density at radius 2 is 1.11 bits per heavy atom. The van der Waals surface area contributed by atoms with Gasteiger partial charge in [0.25, 0.3) is 0 Å². The summed E-state index contributed by atoms with van der Waals surface area (Å²) in [6.07, 6.45) is 0. The lowest BCUT2D eigenvalue weighted by Crippen LogP contribution is -2.21. The van der Waals surface area contributed by atoms with E-state index in [4.69, 9.17) is 4.74 Å². The minimum absolute atomic E-state index is 0.163. The third-order valence-corrected chi connectivity index (χ3v) is 6.23. The van der Waals surface area contributed by atoms with E-state index in [0.717, 1.165) is 0 Å². The number of hydrogen-bond acceptors (Lipinski definition) is 5. The summed E-state index contributed by atoms with van der Waals surface area (Å²) in [6.45, 7) is 6.00. The molecule has 5 rings (SSSR count). The molecule has 0 unspecified atom stereocenters. The van der Waals surface area contributed by atoms with Crippen LogP contribution in [0.2, 0.25) is 0 Å². The van der Waals surface area contributed by atoms with Gasteiger partial charge in [-0.25, -0.2) is 4.79 Å². The first kappa shape index (κ1) is 25.4. The zero-order valence-corrected chi connectivity index (χ0v) is 20.1. The van der Waals surface area contributed by atoms with Crippen LogP contribution in [-0.4, -0.2) is 24.6 Å². The van der Waals surface area contributed by atoms with E-state index in [9.17, 15) is 14.4 Å². The molecular formula is C30H24O4S. The van der Waals surface area contributed by atoms with Crippen LogP contribution in [0, 0.1) is 0 Å². The maximum absolute atomic E-state index is 13.1. The van der Waals surface area contributed by atoms with Crippen molar-refractivity contribution < 1.29 is 19.1 Å². The number of benzene rings is 4. The maximum atomic E-state index is 13.1. The summed E-state index contributed by atoms with van der Waals surface area (Å²) in [6, 6.07) is 31.1. The second kappa shape index (κ2) is 12.3. The highest BCUT2D eigenvalue weighted by molar-refractivity contribution is 7.99. The lowest BCUT2D eigenvalue weighted by Gasteiger charge is -2.20. The van der Waals surface area contributed by atoms with Gasteiger partial charge in [-0.3, -0.25) is 9.59 Å². The van der Waals surface area contributed by atoms with Gasteiger partial charge in [0.1, 0.15) is 0 Å². The number of ketones is 2. The van der Waals surface area contributed by atoms with E-state index in [1.54, 1.807) is 60.7 Å². The molecule has 35 heavy (non-hydrogen) atoms. The van der Waals surface area contributed by atoms with Crippen molar-refractivity contribution in [1.82, 2.24) is 0 Å². The van der Waals surface area contributed by atoms with Crippen molar-refractivity contribution >= 4 is 29.3 Å². The highest BCUT2D eigenvalue weighted by atomic mass is 32.2. The number of hydrogen-bond donors (Lipinski definition) is 0. The Hall–Kier alpha value is -4.22. The lowest BCUT2D eigenvalue weighted by molar-refractivity contribution is 0.0596. The van der Waals surface area contributed by atoms with Crippen LogP contribution < -0.4 is 0 Å². The molecule has 0 fully saturated rings. The van der Waals surface area contributed by atoms with Crippen LogP contribution in [0.25, 0.3) is 0 Å². The number of methoxy groups -OCH3 is 1. The fraction of sp³-hybridized carbons (Fsp3) is 0.0333. The average molecular weight is 481 g/mol. The Morgan fingerprint density at radius 3 is 1.71 bits per heavy atom. The average Bonchev–Trinajstić information content (AvgIpc) is 2.94. The molecule has 4 aromatic rings. The Kier molecular flexibility index (Phi) is 8.93. The van der Waals surface area contributed by atoms with Crippen molar-refractivity contribution in [3.05, 3.63) is 144 Å². The summed E-state index contributed by atoms with van der Waals surface area (Å²) in [4.78, 5) is 39.3. The molecule has 1 aliphatic carbocycles. The topological polar surface area (TPSA) is 60.4 Å². The number of esters is 1. The normalized spacial score (nSPS) is 11.0. The second-order valence-electron chi connectivity index (χ2n) is 7.13. The van der Waals surface area contributed by atoms with Gasteiger partial charge in [-0.05, 0) is 18.2 Å². The molecule has 0 spiro atoms. The molecule has 0 aromatic heterocycles. The van der Waals surface area contributed by atoms with Crippen molar-refractivity contribution in [1.29, 1.82) is 0 Å². The van der Waals surface area contributed by atoms with Crippen molar-refractivity contribution in [2.45, 2.75) is 9.79 Å². The summed E-state index contributed by atoms with van der Waals surface area (Å²) < 4.78 is 4.84. The highest BCUT2D eigenvalue weighted by Crippen LogP contribution is 2.38. The molecule has 0 amide bonds. The summed E-state index contributed by atoms with van der Waals surface area (Å²) in [5.41, 5.74) is 2.01. The van der Waals surface area contributed by atoms with E-state index in [1.807, 2.05) is 42.5 Å². The maximum Gasteiger partial charge on any atom is 0.339 e. The number of ether oxygens (including phenoxy) is 1. The third-order valence-electron chi connectivity index (χ3n) is 5.09. The van der Waals surface area contributed by atoms with Crippen LogP contribution in [0.1, 0.15) is 42.2 Å². The number of fused-ring (bicyclic) bond motifs is 2. The van der Waals surface area contributed by atoms with Crippen LogP contribution in [0.15, 0.2) is 126 Å². The molecule has 5 heteroatoms. The number of rotatable bonds is 3. The van der Waals surface area contributed by atoms with Crippen molar-refractivity contribution in [2.24, 2.45) is 0 Å². The monoisotopic (exact) mass is 480 g/mol. The van der Waals surface area contributed by atoms with E-state index in [1.165, 1.54) is 18.9 Å². The second-order valence-corrected chi connectivity index (χ2v) is 8.21. The largest absolute Gasteiger partial charge is 0.465 e. The van der Waals surface area contributed by atoms with Crippen LogP contribution in [0.3, 0.4) is 0 Å². The van der Waals surface area contributed by atoms with Crippen LogP contribution in [-0.2, 0) is 4.74 Å².